The van der Waals surface area contributed by atoms with E-state index in [1.165, 1.54) is 0 Å². The molecule has 0 saturated carbocycles. The second-order valence-electron chi connectivity index (χ2n) is 7.90. The summed E-state index contributed by atoms with van der Waals surface area (Å²) in [4.78, 5) is 0. The van der Waals surface area contributed by atoms with E-state index in [0.29, 0.717) is 0 Å². The molecular weight excluding hydrogens is 544 g/mol. The first-order valence-electron chi connectivity index (χ1n) is 13.1. The number of fused-ring (bicyclic) bond motifs is 1. The fourth-order valence-electron chi connectivity index (χ4n) is 3.14. The highest BCUT2D eigenvalue weighted by molar-refractivity contribution is 5.76. The standard InChI is InChI=1S/C43H18N2/c1-2-3-4-5-6-7-8-9-10-11-12-13-14-15-16-17-18-19-22-30-39-45-42(37-36-40-31-27-28-35-43(40)45)34-26-20-21-29-38-44-41-32-24-23-25-33-41/h1,20-21,23-29,31-38H/p+1. The number of aromatic nitrogens is 1. The molecule has 2 aromatic carbocycles. The minimum atomic E-state index is 0.910. The number of nitrogens with zero attached hydrogens (tertiary/aromatic N) is 1. The number of benzene rings is 2. The van der Waals surface area contributed by atoms with Crippen molar-refractivity contribution in [1.29, 1.82) is 0 Å². The molecule has 0 amide bonds. The maximum Gasteiger partial charge on any atom is 0.244 e. The van der Waals surface area contributed by atoms with Gasteiger partial charge in [0.1, 0.15) is 0 Å². The Labute approximate surface area is 265 Å². The molecule has 1 aromatic heterocycles. The second-order valence-corrected chi connectivity index (χ2v) is 7.90. The van der Waals surface area contributed by atoms with Gasteiger partial charge in [-0.2, -0.15) is 0 Å². The molecule has 0 aliphatic heterocycles. The Morgan fingerprint density at radius 3 is 1.60 bits per heavy atom. The minimum absolute atomic E-state index is 0.910. The molecule has 200 valence electrons. The number of rotatable bonds is 5. The van der Waals surface area contributed by atoms with Crippen molar-refractivity contribution in [2.24, 2.45) is 0 Å². The third kappa shape index (κ3) is 13.3. The van der Waals surface area contributed by atoms with E-state index in [0.717, 1.165) is 22.3 Å². The van der Waals surface area contributed by atoms with Crippen LogP contribution in [0.1, 0.15) is 5.69 Å². The number of hydrogen-bond donors (Lipinski definition) is 1. The number of para-hydroxylation sites is 2. The molecular formula is C43H19N2+. The van der Waals surface area contributed by atoms with Gasteiger partial charge in [-0.1, -0.05) is 48.6 Å². The van der Waals surface area contributed by atoms with Crippen LogP contribution in [0.25, 0.3) is 17.0 Å². The van der Waals surface area contributed by atoms with Crippen molar-refractivity contribution in [3.05, 3.63) is 103 Å². The molecule has 3 aromatic rings. The number of allylic oxidation sites excluding steroid dienone is 4. The van der Waals surface area contributed by atoms with Crippen LogP contribution < -0.4 is 9.88 Å². The lowest BCUT2D eigenvalue weighted by Crippen LogP contribution is -2.32. The average Bonchev–Trinajstić information content (AvgIpc) is 3.07. The van der Waals surface area contributed by atoms with Gasteiger partial charge in [-0.15, -0.1) is 11.0 Å². The van der Waals surface area contributed by atoms with Crippen molar-refractivity contribution < 1.29 is 4.57 Å². The summed E-state index contributed by atoms with van der Waals surface area (Å²) in [6, 6.07) is 25.2. The molecule has 2 nitrogen and oxygen atoms in total. The van der Waals surface area contributed by atoms with Crippen molar-refractivity contribution in [3.63, 3.8) is 0 Å². The van der Waals surface area contributed by atoms with E-state index in [4.69, 9.17) is 6.42 Å². The molecule has 0 fully saturated rings. The van der Waals surface area contributed by atoms with Gasteiger partial charge in [0.2, 0.25) is 17.3 Å². The number of nitrogens with one attached hydrogen (secondary N) is 1. The zero-order valence-corrected chi connectivity index (χ0v) is 23.8. The number of terminal acetylenes is 1. The van der Waals surface area contributed by atoms with Gasteiger partial charge < -0.3 is 5.32 Å². The van der Waals surface area contributed by atoms with E-state index < -0.39 is 0 Å². The minimum Gasteiger partial charge on any atom is -0.362 e. The Kier molecular flexibility index (Phi) is 14.6. The van der Waals surface area contributed by atoms with Gasteiger partial charge in [-0.05, 0) is 77.7 Å². The van der Waals surface area contributed by atoms with Crippen LogP contribution in [0.5, 0.6) is 0 Å². The second kappa shape index (κ2) is 20.9. The highest BCUT2D eigenvalue weighted by atomic mass is 14.9. The Balaban J connectivity index is 1.60. The van der Waals surface area contributed by atoms with E-state index in [-0.39, 0.29) is 0 Å². The molecule has 0 radical (unpaired) electrons. The zero-order valence-electron chi connectivity index (χ0n) is 23.8. The molecule has 1 N–H and O–H groups in total. The van der Waals surface area contributed by atoms with E-state index in [2.05, 4.69) is 136 Å². The van der Waals surface area contributed by atoms with Gasteiger partial charge in [0.25, 0.3) is 0 Å². The third-order valence-electron chi connectivity index (χ3n) is 4.95. The molecule has 0 aliphatic rings. The van der Waals surface area contributed by atoms with Crippen LogP contribution in [0, 0.1) is 131 Å². The Hall–Kier alpha value is -7.97. The zero-order chi connectivity index (χ0) is 31.5. The summed E-state index contributed by atoms with van der Waals surface area (Å²) >= 11 is 0. The maximum absolute atomic E-state index is 4.96. The van der Waals surface area contributed by atoms with Crippen molar-refractivity contribution in [2.45, 2.75) is 0 Å². The van der Waals surface area contributed by atoms with Crippen LogP contribution in [-0.4, -0.2) is 0 Å². The summed E-state index contributed by atoms with van der Waals surface area (Å²) in [5, 5.41) is 4.28. The monoisotopic (exact) mass is 563 g/mol. The van der Waals surface area contributed by atoms with Crippen LogP contribution in [0.4, 0.5) is 5.69 Å². The van der Waals surface area contributed by atoms with Gasteiger partial charge >= 0.3 is 0 Å². The van der Waals surface area contributed by atoms with Crippen molar-refractivity contribution >= 4 is 22.7 Å². The average molecular weight is 564 g/mol. The lowest BCUT2D eigenvalue weighted by molar-refractivity contribution is -0.556. The topological polar surface area (TPSA) is 15.9 Å². The number of anilines is 1. The maximum atomic E-state index is 4.96. The lowest BCUT2D eigenvalue weighted by atomic mass is 10.2. The molecule has 3 rings (SSSR count). The first-order chi connectivity index (χ1) is 22.4. The summed E-state index contributed by atoms with van der Waals surface area (Å²) < 4.78 is 1.90. The van der Waals surface area contributed by atoms with Crippen LogP contribution >= 0.6 is 0 Å². The summed E-state index contributed by atoms with van der Waals surface area (Å²) in [6.45, 7) is 0. The summed E-state index contributed by atoms with van der Waals surface area (Å²) in [6.07, 6.45) is 16.6. The van der Waals surface area contributed by atoms with Crippen LogP contribution in [0.2, 0.25) is 0 Å². The summed E-state index contributed by atoms with van der Waals surface area (Å²) in [7, 11) is 0. The van der Waals surface area contributed by atoms with E-state index in [1.807, 2.05) is 102 Å². The lowest BCUT2D eigenvalue weighted by Gasteiger charge is -1.97. The molecule has 0 spiro atoms. The van der Waals surface area contributed by atoms with Gasteiger partial charge in [0.05, 0.1) is 5.92 Å². The Morgan fingerprint density at radius 2 is 1.00 bits per heavy atom. The van der Waals surface area contributed by atoms with Crippen LogP contribution in [0.15, 0.2) is 97.2 Å². The van der Waals surface area contributed by atoms with Crippen molar-refractivity contribution in [2.75, 3.05) is 5.32 Å². The predicted octanol–water partition coefficient (Wildman–Crippen LogP) is 4.80. The van der Waals surface area contributed by atoms with Gasteiger partial charge in [-0.25, -0.2) is 0 Å². The molecule has 0 atom stereocenters. The SMILES string of the molecule is C#CC#CC#CC#CC#CC#CC#CC#CC#CC#CC#C[n+]1c(/C=C/C=C/C=C/Nc2ccccc2)ccc2ccccc21. The first-order valence-corrected chi connectivity index (χ1v) is 13.1. The van der Waals surface area contributed by atoms with E-state index >= 15 is 0 Å². The highest BCUT2D eigenvalue weighted by Gasteiger charge is 2.11. The van der Waals surface area contributed by atoms with Crippen molar-refractivity contribution in [1.82, 2.24) is 0 Å². The first kappa shape index (κ1) is 31.6. The Bertz CT molecular complexity index is 2350. The van der Waals surface area contributed by atoms with Crippen LogP contribution in [-0.2, 0) is 0 Å². The third-order valence-corrected chi connectivity index (χ3v) is 4.95. The molecule has 2 heteroatoms. The largest absolute Gasteiger partial charge is 0.362 e. The molecule has 45 heavy (non-hydrogen) atoms. The van der Waals surface area contributed by atoms with Crippen LogP contribution in [0.3, 0.4) is 0 Å². The fourth-order valence-corrected chi connectivity index (χ4v) is 3.14. The van der Waals surface area contributed by atoms with E-state index in [1.54, 1.807) is 0 Å². The molecule has 0 unspecified atom stereocenters. The number of hydrogen-bond acceptors (Lipinski definition) is 1. The fraction of sp³-hybridized carbons (Fsp3) is 0. The number of pyridine rings is 1. The molecule has 1 heterocycles. The molecule has 0 aliphatic carbocycles. The van der Waals surface area contributed by atoms with Gasteiger partial charge in [0, 0.05) is 101 Å². The van der Waals surface area contributed by atoms with Gasteiger partial charge in [0.15, 0.2) is 0 Å². The summed E-state index contributed by atoms with van der Waals surface area (Å²) in [5.41, 5.74) is 2.91. The summed E-state index contributed by atoms with van der Waals surface area (Å²) in [5.74, 6) is 50.8. The van der Waals surface area contributed by atoms with Crippen molar-refractivity contribution in [3.8, 4) is 131 Å². The highest BCUT2D eigenvalue weighted by Crippen LogP contribution is 2.11. The van der Waals surface area contributed by atoms with Gasteiger partial charge in [-0.3, -0.25) is 0 Å². The smallest absolute Gasteiger partial charge is 0.244 e. The normalized spacial score (nSPS) is 8.16. The molecule has 0 bridgehead atoms. The quantitative estimate of drug-likeness (QED) is 0.268. The Morgan fingerprint density at radius 1 is 0.489 bits per heavy atom. The molecule has 0 saturated heterocycles. The van der Waals surface area contributed by atoms with E-state index in [9.17, 15) is 0 Å². The predicted molar refractivity (Wildman–Crippen MR) is 184 cm³/mol.